The summed E-state index contributed by atoms with van der Waals surface area (Å²) >= 11 is 13.5. The highest BCUT2D eigenvalue weighted by atomic mass is 35.5. The molecule has 1 unspecified atom stereocenters. The van der Waals surface area contributed by atoms with Crippen molar-refractivity contribution in [3.63, 3.8) is 0 Å². The Balaban J connectivity index is 1.85. The molecule has 0 aliphatic carbocycles. The Kier molecular flexibility index (Phi) is 6.97. The topological polar surface area (TPSA) is 81.7 Å². The van der Waals surface area contributed by atoms with Crippen molar-refractivity contribution in [2.45, 2.75) is 45.1 Å². The first kappa shape index (κ1) is 22.9. The smallest absolute Gasteiger partial charge is 0.324 e. The Labute approximate surface area is 190 Å². The fourth-order valence-corrected chi connectivity index (χ4v) is 4.63. The molecule has 1 aliphatic heterocycles. The number of piperidine rings is 1. The number of rotatable bonds is 3. The van der Waals surface area contributed by atoms with Crippen LogP contribution in [0.25, 0.3) is 0 Å². The molecule has 1 atom stereocenters. The standard InChI is InChI=1S/C21H25Cl2N3O3S/c1-21(2,3)16-10-13(19(28)26-9-5-6-12(27)11-26)18(30-16)25-20(29)24-15-8-4-7-14(22)17(15)23/h4,7-8,10,12,27H,5-6,9,11H2,1-3H3,(H2,24,25,29). The zero-order chi connectivity index (χ0) is 22.1. The first-order valence-electron chi connectivity index (χ1n) is 9.70. The number of aliphatic hydroxyl groups is 1. The Morgan fingerprint density at radius 1 is 1.23 bits per heavy atom. The molecule has 1 aliphatic rings. The largest absolute Gasteiger partial charge is 0.391 e. The van der Waals surface area contributed by atoms with Crippen LogP contribution < -0.4 is 10.6 Å². The van der Waals surface area contributed by atoms with E-state index in [-0.39, 0.29) is 16.3 Å². The van der Waals surface area contributed by atoms with Gasteiger partial charge in [-0.15, -0.1) is 11.3 Å². The molecule has 0 radical (unpaired) electrons. The molecule has 0 bridgehead atoms. The summed E-state index contributed by atoms with van der Waals surface area (Å²) < 4.78 is 0. The number of anilines is 2. The van der Waals surface area contributed by atoms with Gasteiger partial charge in [0.15, 0.2) is 0 Å². The van der Waals surface area contributed by atoms with E-state index >= 15 is 0 Å². The summed E-state index contributed by atoms with van der Waals surface area (Å²) in [6.07, 6.45) is 0.918. The van der Waals surface area contributed by atoms with Crippen molar-refractivity contribution in [3.05, 3.63) is 44.8 Å². The van der Waals surface area contributed by atoms with Crippen LogP contribution >= 0.6 is 34.5 Å². The lowest BCUT2D eigenvalue weighted by Crippen LogP contribution is -2.42. The number of amides is 3. The third-order valence-corrected chi connectivity index (χ3v) is 7.11. The van der Waals surface area contributed by atoms with Crippen molar-refractivity contribution in [1.82, 2.24) is 4.90 Å². The zero-order valence-corrected chi connectivity index (χ0v) is 19.4. The van der Waals surface area contributed by atoms with Crippen LogP contribution in [-0.4, -0.2) is 41.1 Å². The molecule has 3 rings (SSSR count). The number of carbonyl (C=O) groups excluding carboxylic acids is 2. The first-order valence-corrected chi connectivity index (χ1v) is 11.3. The Morgan fingerprint density at radius 3 is 2.63 bits per heavy atom. The van der Waals surface area contributed by atoms with Crippen molar-refractivity contribution in [2.24, 2.45) is 0 Å². The molecule has 6 nitrogen and oxygen atoms in total. The van der Waals surface area contributed by atoms with Crippen molar-refractivity contribution >= 4 is 57.2 Å². The quantitative estimate of drug-likeness (QED) is 0.547. The van der Waals surface area contributed by atoms with E-state index < -0.39 is 12.1 Å². The number of nitrogens with one attached hydrogen (secondary N) is 2. The van der Waals surface area contributed by atoms with Gasteiger partial charge >= 0.3 is 6.03 Å². The molecule has 0 spiro atoms. The van der Waals surface area contributed by atoms with Gasteiger partial charge in [-0.05, 0) is 36.5 Å². The number of halogens is 2. The normalized spacial score (nSPS) is 17.0. The van der Waals surface area contributed by atoms with Crippen LogP contribution in [0.5, 0.6) is 0 Å². The summed E-state index contributed by atoms with van der Waals surface area (Å²) in [5.41, 5.74) is 0.612. The number of β-amino-alcohol motifs (C(OH)–C–C–N with tert-alkyl or cyclic N) is 1. The third-order valence-electron chi connectivity index (χ3n) is 4.81. The van der Waals surface area contributed by atoms with Crippen LogP contribution in [0.2, 0.25) is 10.0 Å². The average Bonchev–Trinajstić information content (AvgIpc) is 3.09. The van der Waals surface area contributed by atoms with Gasteiger partial charge in [0.2, 0.25) is 0 Å². The lowest BCUT2D eigenvalue weighted by Gasteiger charge is -2.30. The van der Waals surface area contributed by atoms with E-state index in [4.69, 9.17) is 23.2 Å². The summed E-state index contributed by atoms with van der Waals surface area (Å²) in [6.45, 7) is 7.03. The van der Waals surface area contributed by atoms with Gasteiger partial charge in [-0.3, -0.25) is 10.1 Å². The van der Waals surface area contributed by atoms with Gasteiger partial charge in [0, 0.05) is 18.0 Å². The number of hydrogen-bond acceptors (Lipinski definition) is 4. The molecule has 3 N–H and O–H groups in total. The van der Waals surface area contributed by atoms with Crippen LogP contribution in [0.1, 0.15) is 48.8 Å². The van der Waals surface area contributed by atoms with E-state index in [0.29, 0.717) is 40.8 Å². The maximum Gasteiger partial charge on any atom is 0.324 e. The molecule has 30 heavy (non-hydrogen) atoms. The number of nitrogens with zero attached hydrogens (tertiary/aromatic N) is 1. The molecule has 1 saturated heterocycles. The van der Waals surface area contributed by atoms with E-state index in [2.05, 4.69) is 10.6 Å². The van der Waals surface area contributed by atoms with E-state index in [9.17, 15) is 14.7 Å². The predicted molar refractivity (Wildman–Crippen MR) is 123 cm³/mol. The highest BCUT2D eigenvalue weighted by Crippen LogP contribution is 2.37. The summed E-state index contributed by atoms with van der Waals surface area (Å²) in [6, 6.07) is 6.27. The number of thiophene rings is 1. The number of urea groups is 1. The van der Waals surface area contributed by atoms with E-state index in [0.717, 1.165) is 11.3 Å². The van der Waals surface area contributed by atoms with Gasteiger partial charge in [-0.2, -0.15) is 0 Å². The Bertz CT molecular complexity index is 955. The maximum atomic E-state index is 13.2. The summed E-state index contributed by atoms with van der Waals surface area (Å²) in [5.74, 6) is -0.198. The van der Waals surface area contributed by atoms with Crippen LogP contribution in [0.4, 0.5) is 15.5 Å². The number of aliphatic hydroxyl groups excluding tert-OH is 1. The van der Waals surface area contributed by atoms with Crippen molar-refractivity contribution in [2.75, 3.05) is 23.7 Å². The lowest BCUT2D eigenvalue weighted by atomic mass is 9.94. The minimum Gasteiger partial charge on any atom is -0.391 e. The van der Waals surface area contributed by atoms with Crippen LogP contribution in [0, 0.1) is 0 Å². The zero-order valence-electron chi connectivity index (χ0n) is 17.1. The minimum atomic E-state index is -0.520. The first-order chi connectivity index (χ1) is 14.1. The summed E-state index contributed by atoms with van der Waals surface area (Å²) in [7, 11) is 0. The maximum absolute atomic E-state index is 13.2. The number of likely N-dealkylation sites (tertiary alicyclic amines) is 1. The second kappa shape index (κ2) is 9.14. The molecule has 1 aromatic heterocycles. The Hall–Kier alpha value is -1.80. The molecule has 1 aromatic carbocycles. The monoisotopic (exact) mass is 469 g/mol. The molecule has 2 heterocycles. The highest BCUT2D eigenvalue weighted by Gasteiger charge is 2.29. The number of benzene rings is 1. The van der Waals surface area contributed by atoms with E-state index in [1.165, 1.54) is 11.3 Å². The molecule has 9 heteroatoms. The predicted octanol–water partition coefficient (Wildman–Crippen LogP) is 5.59. The average molecular weight is 470 g/mol. The van der Waals surface area contributed by atoms with E-state index in [1.54, 1.807) is 23.1 Å². The van der Waals surface area contributed by atoms with Crippen LogP contribution in [0.3, 0.4) is 0 Å². The van der Waals surface area contributed by atoms with Gasteiger partial charge in [-0.25, -0.2) is 4.79 Å². The van der Waals surface area contributed by atoms with Crippen molar-refractivity contribution in [3.8, 4) is 0 Å². The third kappa shape index (κ3) is 5.27. The van der Waals surface area contributed by atoms with E-state index in [1.807, 2.05) is 26.8 Å². The van der Waals surface area contributed by atoms with Crippen molar-refractivity contribution < 1.29 is 14.7 Å². The second-order valence-corrected chi connectivity index (χ2v) is 10.2. The van der Waals surface area contributed by atoms with Gasteiger partial charge < -0.3 is 15.3 Å². The molecule has 0 saturated carbocycles. The number of hydrogen-bond donors (Lipinski definition) is 3. The fourth-order valence-electron chi connectivity index (χ4n) is 3.18. The fraction of sp³-hybridized carbons (Fsp3) is 0.429. The molecule has 3 amide bonds. The van der Waals surface area contributed by atoms with Crippen LogP contribution in [-0.2, 0) is 5.41 Å². The van der Waals surface area contributed by atoms with Gasteiger partial charge in [0.05, 0.1) is 27.4 Å². The summed E-state index contributed by atoms with van der Waals surface area (Å²) in [5, 5.41) is 16.4. The molecule has 2 aromatic rings. The Morgan fingerprint density at radius 2 is 1.97 bits per heavy atom. The minimum absolute atomic E-state index is 0.187. The molecule has 1 fully saturated rings. The van der Waals surface area contributed by atoms with Crippen molar-refractivity contribution in [1.29, 1.82) is 0 Å². The SMILES string of the molecule is CC(C)(C)c1cc(C(=O)N2CCCC(O)C2)c(NC(=O)Nc2cccc(Cl)c2Cl)s1. The highest BCUT2D eigenvalue weighted by molar-refractivity contribution is 7.16. The van der Waals surface area contributed by atoms with Gasteiger partial charge in [0.25, 0.3) is 5.91 Å². The molecular weight excluding hydrogens is 445 g/mol. The van der Waals surface area contributed by atoms with Gasteiger partial charge in [-0.1, -0.05) is 50.0 Å². The molecular formula is C21H25Cl2N3O3S. The van der Waals surface area contributed by atoms with Gasteiger partial charge in [0.1, 0.15) is 5.00 Å². The molecule has 162 valence electrons. The number of carbonyl (C=O) groups is 2. The second-order valence-electron chi connectivity index (χ2n) is 8.33. The van der Waals surface area contributed by atoms with Crippen LogP contribution in [0.15, 0.2) is 24.3 Å². The summed E-state index contributed by atoms with van der Waals surface area (Å²) in [4.78, 5) is 28.4. The lowest BCUT2D eigenvalue weighted by molar-refractivity contribution is 0.0475.